The summed E-state index contributed by atoms with van der Waals surface area (Å²) in [6.07, 6.45) is 5.15. The second-order valence-electron chi connectivity index (χ2n) is 4.69. The van der Waals surface area contributed by atoms with Crippen LogP contribution in [0.2, 0.25) is 0 Å². The van der Waals surface area contributed by atoms with Gasteiger partial charge < -0.3 is 5.11 Å². The summed E-state index contributed by atoms with van der Waals surface area (Å²) >= 11 is 0. The number of aromatic nitrogens is 2. The summed E-state index contributed by atoms with van der Waals surface area (Å²) in [5.74, 6) is 0.932. The van der Waals surface area contributed by atoms with E-state index in [0.717, 1.165) is 5.52 Å². The van der Waals surface area contributed by atoms with Crippen molar-refractivity contribution in [2.45, 2.75) is 31.6 Å². The standard InChI is InChI=1S/C13H16N2O/c1-15-12-8-10(16)6-7-11(12)13(14-15)9-4-2-3-5-9/h6-9,16H,2-5H2,1H3. The highest BCUT2D eigenvalue weighted by molar-refractivity contribution is 5.83. The van der Waals surface area contributed by atoms with E-state index in [1.54, 1.807) is 12.1 Å². The number of rotatable bonds is 1. The zero-order chi connectivity index (χ0) is 11.1. The van der Waals surface area contributed by atoms with Gasteiger partial charge in [0.15, 0.2) is 0 Å². The number of hydrogen-bond acceptors (Lipinski definition) is 2. The molecule has 0 saturated heterocycles. The van der Waals surface area contributed by atoms with Crippen LogP contribution >= 0.6 is 0 Å². The zero-order valence-corrected chi connectivity index (χ0v) is 9.48. The molecule has 1 aromatic carbocycles. The minimum Gasteiger partial charge on any atom is -0.508 e. The summed E-state index contributed by atoms with van der Waals surface area (Å²) in [6, 6.07) is 5.54. The van der Waals surface area contributed by atoms with E-state index in [1.165, 1.54) is 36.8 Å². The van der Waals surface area contributed by atoms with Crippen LogP contribution < -0.4 is 0 Å². The predicted molar refractivity (Wildman–Crippen MR) is 63.6 cm³/mol. The van der Waals surface area contributed by atoms with E-state index < -0.39 is 0 Å². The molecule has 1 aromatic heterocycles. The second kappa shape index (κ2) is 3.51. The van der Waals surface area contributed by atoms with Gasteiger partial charge in [-0.3, -0.25) is 4.68 Å². The van der Waals surface area contributed by atoms with Crippen molar-refractivity contribution in [3.63, 3.8) is 0 Å². The first-order chi connectivity index (χ1) is 7.75. The number of benzene rings is 1. The maximum Gasteiger partial charge on any atom is 0.117 e. The predicted octanol–water partition coefficient (Wildman–Crippen LogP) is 2.94. The van der Waals surface area contributed by atoms with Crippen molar-refractivity contribution >= 4 is 10.9 Å². The fourth-order valence-corrected chi connectivity index (χ4v) is 2.77. The number of aryl methyl sites for hydroxylation is 1. The Hall–Kier alpha value is -1.51. The number of phenols is 1. The molecule has 3 heteroatoms. The molecule has 1 N–H and O–H groups in total. The first-order valence-corrected chi connectivity index (χ1v) is 5.91. The quantitative estimate of drug-likeness (QED) is 0.795. The third kappa shape index (κ3) is 1.39. The van der Waals surface area contributed by atoms with E-state index in [4.69, 9.17) is 0 Å². The molecule has 3 nitrogen and oxygen atoms in total. The minimum atomic E-state index is 0.313. The van der Waals surface area contributed by atoms with Crippen molar-refractivity contribution in [2.24, 2.45) is 7.05 Å². The molecule has 1 heterocycles. The SMILES string of the molecule is Cn1nc(C2CCCC2)c2ccc(O)cc21. The molecule has 2 aromatic rings. The molecular formula is C13H16N2O. The highest BCUT2D eigenvalue weighted by atomic mass is 16.3. The molecule has 1 saturated carbocycles. The van der Waals surface area contributed by atoms with Gasteiger partial charge in [0, 0.05) is 24.4 Å². The van der Waals surface area contributed by atoms with Crippen LogP contribution in [0.4, 0.5) is 0 Å². The van der Waals surface area contributed by atoms with Gasteiger partial charge in [-0.05, 0) is 25.0 Å². The Morgan fingerprint density at radius 3 is 2.81 bits per heavy atom. The van der Waals surface area contributed by atoms with Crippen LogP contribution in [0.5, 0.6) is 5.75 Å². The van der Waals surface area contributed by atoms with E-state index in [0.29, 0.717) is 11.7 Å². The van der Waals surface area contributed by atoms with Crippen LogP contribution in [-0.4, -0.2) is 14.9 Å². The average molecular weight is 216 g/mol. The summed E-state index contributed by atoms with van der Waals surface area (Å²) in [5.41, 5.74) is 2.25. The third-order valence-corrected chi connectivity index (χ3v) is 3.61. The van der Waals surface area contributed by atoms with Gasteiger partial charge in [-0.15, -0.1) is 0 Å². The first-order valence-electron chi connectivity index (χ1n) is 5.91. The fraction of sp³-hybridized carbons (Fsp3) is 0.462. The van der Waals surface area contributed by atoms with Crippen molar-refractivity contribution in [1.82, 2.24) is 9.78 Å². The second-order valence-corrected chi connectivity index (χ2v) is 4.69. The highest BCUT2D eigenvalue weighted by Crippen LogP contribution is 2.37. The Bertz CT molecular complexity index is 524. The maximum atomic E-state index is 9.49. The average Bonchev–Trinajstić information content (AvgIpc) is 2.87. The Balaban J connectivity index is 2.18. The van der Waals surface area contributed by atoms with E-state index in [9.17, 15) is 5.11 Å². The minimum absolute atomic E-state index is 0.313. The molecular weight excluding hydrogens is 200 g/mol. The summed E-state index contributed by atoms with van der Waals surface area (Å²) in [7, 11) is 1.94. The number of hydrogen-bond donors (Lipinski definition) is 1. The van der Waals surface area contributed by atoms with E-state index in [-0.39, 0.29) is 0 Å². The van der Waals surface area contributed by atoms with Gasteiger partial charge in [0.2, 0.25) is 0 Å². The lowest BCUT2D eigenvalue weighted by molar-refractivity contribution is 0.476. The topological polar surface area (TPSA) is 38.0 Å². The van der Waals surface area contributed by atoms with Gasteiger partial charge in [-0.25, -0.2) is 0 Å². The Morgan fingerprint density at radius 1 is 1.31 bits per heavy atom. The number of aromatic hydroxyl groups is 1. The third-order valence-electron chi connectivity index (χ3n) is 3.61. The first kappa shape index (κ1) is 9.70. The Kier molecular flexibility index (Phi) is 2.13. The Morgan fingerprint density at radius 2 is 2.06 bits per heavy atom. The van der Waals surface area contributed by atoms with Crippen molar-refractivity contribution in [3.8, 4) is 5.75 Å². The number of nitrogens with zero attached hydrogens (tertiary/aromatic N) is 2. The molecule has 0 amide bonds. The van der Waals surface area contributed by atoms with Crippen molar-refractivity contribution in [2.75, 3.05) is 0 Å². The normalized spacial score (nSPS) is 17.3. The monoisotopic (exact) mass is 216 g/mol. The lowest BCUT2D eigenvalue weighted by atomic mass is 10.0. The molecule has 0 unspecified atom stereocenters. The molecule has 0 atom stereocenters. The molecule has 0 aliphatic heterocycles. The van der Waals surface area contributed by atoms with Crippen LogP contribution in [-0.2, 0) is 7.05 Å². The molecule has 84 valence electrons. The zero-order valence-electron chi connectivity index (χ0n) is 9.48. The largest absolute Gasteiger partial charge is 0.508 e. The van der Waals surface area contributed by atoms with Crippen LogP contribution in [0.25, 0.3) is 10.9 Å². The fourth-order valence-electron chi connectivity index (χ4n) is 2.77. The van der Waals surface area contributed by atoms with Gasteiger partial charge in [-0.2, -0.15) is 5.10 Å². The lowest BCUT2D eigenvalue weighted by Crippen LogP contribution is -1.96. The summed E-state index contributed by atoms with van der Waals surface area (Å²) < 4.78 is 1.88. The van der Waals surface area contributed by atoms with Gasteiger partial charge >= 0.3 is 0 Å². The van der Waals surface area contributed by atoms with Crippen LogP contribution in [0.3, 0.4) is 0 Å². The van der Waals surface area contributed by atoms with Gasteiger partial charge in [0.1, 0.15) is 5.75 Å². The molecule has 0 radical (unpaired) electrons. The van der Waals surface area contributed by atoms with Crippen LogP contribution in [0, 0.1) is 0 Å². The molecule has 0 bridgehead atoms. The molecule has 16 heavy (non-hydrogen) atoms. The van der Waals surface area contributed by atoms with Gasteiger partial charge in [0.05, 0.1) is 11.2 Å². The maximum absolute atomic E-state index is 9.49. The van der Waals surface area contributed by atoms with Crippen LogP contribution in [0.1, 0.15) is 37.3 Å². The molecule has 3 rings (SSSR count). The van der Waals surface area contributed by atoms with Gasteiger partial charge in [0.25, 0.3) is 0 Å². The van der Waals surface area contributed by atoms with Gasteiger partial charge in [-0.1, -0.05) is 12.8 Å². The van der Waals surface area contributed by atoms with Crippen molar-refractivity contribution < 1.29 is 5.11 Å². The Labute approximate surface area is 94.7 Å². The molecule has 0 spiro atoms. The highest BCUT2D eigenvalue weighted by Gasteiger charge is 2.22. The van der Waals surface area contributed by atoms with E-state index >= 15 is 0 Å². The van der Waals surface area contributed by atoms with Crippen molar-refractivity contribution in [3.05, 3.63) is 23.9 Å². The van der Waals surface area contributed by atoms with Crippen LogP contribution in [0.15, 0.2) is 18.2 Å². The van der Waals surface area contributed by atoms with E-state index in [1.807, 2.05) is 17.8 Å². The lowest BCUT2D eigenvalue weighted by Gasteiger charge is -2.04. The number of fused-ring (bicyclic) bond motifs is 1. The summed E-state index contributed by atoms with van der Waals surface area (Å²) in [6.45, 7) is 0. The number of phenolic OH excluding ortho intramolecular Hbond substituents is 1. The smallest absolute Gasteiger partial charge is 0.117 e. The molecule has 1 fully saturated rings. The summed E-state index contributed by atoms with van der Waals surface area (Å²) in [4.78, 5) is 0. The molecule has 1 aliphatic rings. The van der Waals surface area contributed by atoms with E-state index in [2.05, 4.69) is 5.10 Å². The summed E-state index contributed by atoms with van der Waals surface area (Å²) in [5, 5.41) is 15.3. The van der Waals surface area contributed by atoms with Crippen molar-refractivity contribution in [1.29, 1.82) is 0 Å². The molecule has 1 aliphatic carbocycles.